The lowest BCUT2D eigenvalue weighted by Crippen LogP contribution is -2.58. The molecule has 0 aliphatic carbocycles. The summed E-state index contributed by atoms with van der Waals surface area (Å²) in [4.78, 5) is 61.8. The Morgan fingerprint density at radius 2 is 1.75 bits per heavy atom. The first-order valence-electron chi connectivity index (χ1n) is 10.7. The van der Waals surface area contributed by atoms with Gasteiger partial charge in [0.15, 0.2) is 6.04 Å². The van der Waals surface area contributed by atoms with E-state index in [0.29, 0.717) is 12.8 Å². The van der Waals surface area contributed by atoms with Gasteiger partial charge in [-0.2, -0.15) is 0 Å². The van der Waals surface area contributed by atoms with E-state index in [2.05, 4.69) is 10.6 Å². The minimum absolute atomic E-state index is 0.163. The van der Waals surface area contributed by atoms with Gasteiger partial charge in [0.05, 0.1) is 12.1 Å². The molecule has 7 N–H and O–H groups in total. The number of carboxylic acid groups (broad SMARTS) is 2. The van der Waals surface area contributed by atoms with Crippen molar-refractivity contribution >= 4 is 29.7 Å². The van der Waals surface area contributed by atoms with Crippen LogP contribution in [-0.2, 0) is 24.0 Å². The third-order valence-corrected chi connectivity index (χ3v) is 5.71. The number of rotatable bonds is 12. The highest BCUT2D eigenvalue weighted by Crippen LogP contribution is 2.20. The maximum atomic E-state index is 13.2. The second kappa shape index (κ2) is 12.3. The van der Waals surface area contributed by atoms with E-state index in [0.717, 1.165) is 0 Å². The predicted octanol–water partition coefficient (Wildman–Crippen LogP) is -1.35. The molecule has 32 heavy (non-hydrogen) atoms. The number of nitrogens with two attached hydrogens (primary N) is 1. The van der Waals surface area contributed by atoms with Crippen LogP contribution in [-0.4, -0.2) is 86.7 Å². The number of carbonyl (C=O) groups is 5. The third-order valence-electron chi connectivity index (χ3n) is 5.71. The van der Waals surface area contributed by atoms with Crippen molar-refractivity contribution in [3.05, 3.63) is 0 Å². The summed E-state index contributed by atoms with van der Waals surface area (Å²) in [7, 11) is 0. The summed E-state index contributed by atoms with van der Waals surface area (Å²) in [6, 6.07) is -4.64. The number of hydrogen-bond acceptors (Lipinski definition) is 7. The summed E-state index contributed by atoms with van der Waals surface area (Å²) < 4.78 is 0. The molecular weight excluding hydrogens is 424 g/mol. The highest BCUT2D eigenvalue weighted by Gasteiger charge is 2.40. The van der Waals surface area contributed by atoms with Crippen LogP contribution >= 0.6 is 0 Å². The lowest BCUT2D eigenvalue weighted by Gasteiger charge is -2.30. The highest BCUT2D eigenvalue weighted by atomic mass is 16.4. The van der Waals surface area contributed by atoms with Gasteiger partial charge in [-0.15, -0.1) is 0 Å². The topological polar surface area (TPSA) is 199 Å². The molecule has 1 saturated heterocycles. The van der Waals surface area contributed by atoms with Gasteiger partial charge in [0.1, 0.15) is 12.1 Å². The minimum Gasteiger partial charge on any atom is -0.481 e. The van der Waals surface area contributed by atoms with E-state index >= 15 is 0 Å². The van der Waals surface area contributed by atoms with Crippen LogP contribution < -0.4 is 16.4 Å². The van der Waals surface area contributed by atoms with Crippen LogP contribution in [0.1, 0.15) is 52.9 Å². The molecule has 1 rings (SSSR count). The number of nitrogens with one attached hydrogen (secondary N) is 2. The van der Waals surface area contributed by atoms with Crippen LogP contribution in [0.25, 0.3) is 0 Å². The summed E-state index contributed by atoms with van der Waals surface area (Å²) in [6.07, 6.45) is -0.582. The first-order chi connectivity index (χ1) is 14.9. The Kier molecular flexibility index (Phi) is 10.5. The van der Waals surface area contributed by atoms with Crippen LogP contribution in [0.15, 0.2) is 0 Å². The monoisotopic (exact) mass is 458 g/mol. The van der Waals surface area contributed by atoms with Crippen molar-refractivity contribution in [2.45, 2.75) is 83.1 Å². The van der Waals surface area contributed by atoms with Crippen molar-refractivity contribution in [2.75, 3.05) is 6.54 Å². The molecule has 0 radical (unpaired) electrons. The maximum Gasteiger partial charge on any atom is 0.328 e. The number of aliphatic hydroxyl groups is 1. The largest absolute Gasteiger partial charge is 0.481 e. The zero-order chi connectivity index (χ0) is 24.6. The molecule has 6 atom stereocenters. The SMILES string of the molecule is CCC(C)C(N)C(=O)NC(CCC(=O)O)C(=O)N1CCCC1C(=O)NC(C(=O)O)C(C)O. The molecule has 6 unspecified atom stereocenters. The lowest BCUT2D eigenvalue weighted by molar-refractivity contribution is -0.147. The average molecular weight is 459 g/mol. The number of amides is 3. The molecule has 182 valence electrons. The van der Waals surface area contributed by atoms with E-state index in [-0.39, 0.29) is 31.7 Å². The van der Waals surface area contributed by atoms with E-state index in [4.69, 9.17) is 15.9 Å². The van der Waals surface area contributed by atoms with Crippen LogP contribution in [0.5, 0.6) is 0 Å². The van der Waals surface area contributed by atoms with Crippen LogP contribution in [0.3, 0.4) is 0 Å². The molecule has 1 fully saturated rings. The number of nitrogens with zero attached hydrogens (tertiary/aromatic N) is 1. The van der Waals surface area contributed by atoms with Gasteiger partial charge in [0.25, 0.3) is 0 Å². The van der Waals surface area contributed by atoms with Crippen LogP contribution in [0, 0.1) is 5.92 Å². The van der Waals surface area contributed by atoms with Gasteiger partial charge in [-0.05, 0) is 32.1 Å². The molecule has 3 amide bonds. The third kappa shape index (κ3) is 7.45. The number of aliphatic hydroxyl groups excluding tert-OH is 1. The Hall–Kier alpha value is -2.73. The predicted molar refractivity (Wildman–Crippen MR) is 112 cm³/mol. The first kappa shape index (κ1) is 27.3. The molecule has 0 saturated carbocycles. The molecule has 12 nitrogen and oxygen atoms in total. The summed E-state index contributed by atoms with van der Waals surface area (Å²) >= 11 is 0. The van der Waals surface area contributed by atoms with Crippen molar-refractivity contribution in [1.29, 1.82) is 0 Å². The Morgan fingerprint density at radius 3 is 2.25 bits per heavy atom. The zero-order valence-electron chi connectivity index (χ0n) is 18.6. The number of carbonyl (C=O) groups excluding carboxylic acids is 3. The van der Waals surface area contributed by atoms with Gasteiger partial charge < -0.3 is 36.6 Å². The molecular formula is C20H34N4O8. The van der Waals surface area contributed by atoms with E-state index < -0.39 is 59.9 Å². The smallest absolute Gasteiger partial charge is 0.328 e. The average Bonchev–Trinajstić information content (AvgIpc) is 3.22. The van der Waals surface area contributed by atoms with Crippen molar-refractivity contribution in [3.8, 4) is 0 Å². The summed E-state index contributed by atoms with van der Waals surface area (Å²) in [5.41, 5.74) is 5.92. The van der Waals surface area contributed by atoms with Gasteiger partial charge in [-0.3, -0.25) is 19.2 Å². The Bertz CT molecular complexity index is 714. The van der Waals surface area contributed by atoms with E-state index in [1.165, 1.54) is 11.8 Å². The normalized spacial score (nSPS) is 20.5. The van der Waals surface area contributed by atoms with Gasteiger partial charge >= 0.3 is 11.9 Å². The van der Waals surface area contributed by atoms with Crippen molar-refractivity contribution in [2.24, 2.45) is 11.7 Å². The molecule has 0 aromatic heterocycles. The quantitative estimate of drug-likeness (QED) is 0.204. The molecule has 1 heterocycles. The molecule has 1 aliphatic rings. The van der Waals surface area contributed by atoms with Crippen LogP contribution in [0.4, 0.5) is 0 Å². The standard InChI is InChI=1S/C20H34N4O8/c1-4-10(2)15(21)18(29)22-12(7-8-14(26)27)19(30)24-9-5-6-13(24)17(28)23-16(11(3)25)20(31)32/h10-13,15-16,25H,4-9,21H2,1-3H3,(H,22,29)(H,23,28)(H,26,27)(H,31,32). The lowest BCUT2D eigenvalue weighted by atomic mass is 9.98. The Balaban J connectivity index is 3.00. The second-order valence-corrected chi connectivity index (χ2v) is 8.16. The molecule has 0 bridgehead atoms. The fourth-order valence-corrected chi connectivity index (χ4v) is 3.45. The number of likely N-dealkylation sites (tertiary alicyclic amines) is 1. The fourth-order valence-electron chi connectivity index (χ4n) is 3.45. The zero-order valence-corrected chi connectivity index (χ0v) is 18.6. The van der Waals surface area contributed by atoms with Crippen molar-refractivity contribution in [3.63, 3.8) is 0 Å². The number of hydrogen-bond donors (Lipinski definition) is 6. The Labute approximate surface area is 186 Å². The first-order valence-corrected chi connectivity index (χ1v) is 10.7. The molecule has 0 aromatic carbocycles. The van der Waals surface area contributed by atoms with Gasteiger partial charge in [-0.25, -0.2) is 4.79 Å². The highest BCUT2D eigenvalue weighted by molar-refractivity contribution is 5.94. The van der Waals surface area contributed by atoms with Gasteiger partial charge in [0, 0.05) is 13.0 Å². The van der Waals surface area contributed by atoms with Crippen molar-refractivity contribution < 1.29 is 39.3 Å². The molecule has 12 heteroatoms. The van der Waals surface area contributed by atoms with Crippen molar-refractivity contribution in [1.82, 2.24) is 15.5 Å². The van der Waals surface area contributed by atoms with Crippen LogP contribution in [0.2, 0.25) is 0 Å². The van der Waals surface area contributed by atoms with E-state index in [1.54, 1.807) is 6.92 Å². The van der Waals surface area contributed by atoms with Gasteiger partial charge in [0.2, 0.25) is 17.7 Å². The Morgan fingerprint density at radius 1 is 1.12 bits per heavy atom. The summed E-state index contributed by atoms with van der Waals surface area (Å²) in [5.74, 6) is -4.72. The molecule has 0 spiro atoms. The van der Waals surface area contributed by atoms with Gasteiger partial charge in [-0.1, -0.05) is 20.3 Å². The minimum atomic E-state index is -1.55. The summed E-state index contributed by atoms with van der Waals surface area (Å²) in [6.45, 7) is 5.03. The van der Waals surface area contributed by atoms with E-state index in [9.17, 15) is 29.1 Å². The fraction of sp³-hybridized carbons (Fsp3) is 0.750. The van der Waals surface area contributed by atoms with E-state index in [1.807, 2.05) is 6.92 Å². The number of carboxylic acids is 2. The second-order valence-electron chi connectivity index (χ2n) is 8.16. The molecule has 1 aliphatic heterocycles. The molecule has 0 aromatic rings. The summed E-state index contributed by atoms with van der Waals surface area (Å²) in [5, 5.41) is 32.5. The number of aliphatic carboxylic acids is 2. The maximum absolute atomic E-state index is 13.2.